The Bertz CT molecular complexity index is 578. The van der Waals surface area contributed by atoms with Crippen LogP contribution in [0.1, 0.15) is 63.2 Å². The molecule has 1 aliphatic heterocycles. The minimum absolute atomic E-state index is 0.000917. The van der Waals surface area contributed by atoms with Gasteiger partial charge in [0.25, 0.3) is 5.91 Å². The first-order valence-corrected chi connectivity index (χ1v) is 9.01. The Balaban J connectivity index is 2.22. The van der Waals surface area contributed by atoms with Crippen molar-refractivity contribution in [1.29, 1.82) is 0 Å². The van der Waals surface area contributed by atoms with Crippen LogP contribution in [-0.4, -0.2) is 30.9 Å². The van der Waals surface area contributed by atoms with Gasteiger partial charge in [-0.2, -0.15) is 0 Å². The number of carbonyl (C=O) groups is 2. The van der Waals surface area contributed by atoms with Crippen LogP contribution >= 0.6 is 0 Å². The lowest BCUT2D eigenvalue weighted by molar-refractivity contribution is -0.116. The number of amides is 2. The van der Waals surface area contributed by atoms with E-state index in [1.54, 1.807) is 6.07 Å². The number of carbonyl (C=O) groups excluding carboxylic acids is 2. The van der Waals surface area contributed by atoms with Gasteiger partial charge in [-0.15, -0.1) is 0 Å². The zero-order valence-electron chi connectivity index (χ0n) is 15.0. The Labute approximate surface area is 144 Å². The maximum absolute atomic E-state index is 12.6. The molecule has 5 heteroatoms. The van der Waals surface area contributed by atoms with E-state index in [1.165, 1.54) is 0 Å². The molecule has 1 aromatic carbocycles. The molecule has 5 nitrogen and oxygen atoms in total. The summed E-state index contributed by atoms with van der Waals surface area (Å²) in [6.07, 6.45) is 4.68. The number of anilines is 2. The molecule has 1 saturated heterocycles. The lowest BCUT2D eigenvalue weighted by Gasteiger charge is -2.22. The van der Waals surface area contributed by atoms with Gasteiger partial charge in [0.15, 0.2) is 0 Å². The topological polar surface area (TPSA) is 61.4 Å². The van der Waals surface area contributed by atoms with Gasteiger partial charge in [0.1, 0.15) is 0 Å². The second-order valence-electron chi connectivity index (χ2n) is 6.71. The van der Waals surface area contributed by atoms with Crippen LogP contribution in [0, 0.1) is 0 Å². The smallest absolute Gasteiger partial charge is 0.253 e. The van der Waals surface area contributed by atoms with Crippen molar-refractivity contribution in [3.8, 4) is 0 Å². The van der Waals surface area contributed by atoms with Crippen LogP contribution in [0.25, 0.3) is 0 Å². The van der Waals surface area contributed by atoms with E-state index in [1.807, 2.05) is 26.0 Å². The quantitative estimate of drug-likeness (QED) is 0.803. The molecule has 132 valence electrons. The van der Waals surface area contributed by atoms with Crippen molar-refractivity contribution in [2.24, 2.45) is 0 Å². The van der Waals surface area contributed by atoms with Crippen molar-refractivity contribution in [1.82, 2.24) is 5.32 Å². The van der Waals surface area contributed by atoms with E-state index in [0.717, 1.165) is 44.5 Å². The van der Waals surface area contributed by atoms with E-state index in [-0.39, 0.29) is 17.9 Å². The fraction of sp³-hybridized carbons (Fsp3) is 0.579. The summed E-state index contributed by atoms with van der Waals surface area (Å²) in [7, 11) is 0. The molecule has 1 fully saturated rings. The highest BCUT2D eigenvalue weighted by Gasteiger charge is 2.20. The second-order valence-corrected chi connectivity index (χ2v) is 6.71. The van der Waals surface area contributed by atoms with Gasteiger partial charge in [0.2, 0.25) is 5.91 Å². The summed E-state index contributed by atoms with van der Waals surface area (Å²) in [5.41, 5.74) is 2.28. The van der Waals surface area contributed by atoms with Gasteiger partial charge in [-0.05, 0) is 51.3 Å². The first-order chi connectivity index (χ1) is 11.5. The number of hydrogen-bond acceptors (Lipinski definition) is 3. The third-order valence-electron chi connectivity index (χ3n) is 4.15. The second kappa shape index (κ2) is 8.71. The largest absolute Gasteiger partial charge is 0.371 e. The molecular formula is C19H29N3O2. The molecule has 2 amide bonds. The highest BCUT2D eigenvalue weighted by atomic mass is 16.2. The number of benzene rings is 1. The standard InChI is InChI=1S/C19H29N3O2/c1-4-5-8-18(23)21-15-9-10-17(22-11-6-7-12-22)16(13-15)19(24)20-14(2)3/h9-10,13-14H,4-8,11-12H2,1-3H3,(H,20,24)(H,21,23). The average Bonchev–Trinajstić information content (AvgIpc) is 3.06. The van der Waals surface area contributed by atoms with Crippen LogP contribution in [0.2, 0.25) is 0 Å². The summed E-state index contributed by atoms with van der Waals surface area (Å²) < 4.78 is 0. The van der Waals surface area contributed by atoms with E-state index in [9.17, 15) is 9.59 Å². The van der Waals surface area contributed by atoms with Crippen molar-refractivity contribution in [2.75, 3.05) is 23.3 Å². The molecule has 0 bridgehead atoms. The van der Waals surface area contributed by atoms with Gasteiger partial charge in [-0.3, -0.25) is 9.59 Å². The number of rotatable bonds is 7. The Kier molecular flexibility index (Phi) is 6.64. The van der Waals surface area contributed by atoms with Gasteiger partial charge in [0.05, 0.1) is 5.56 Å². The van der Waals surface area contributed by atoms with Crippen LogP contribution in [0.3, 0.4) is 0 Å². The number of nitrogens with zero attached hydrogens (tertiary/aromatic N) is 1. The van der Waals surface area contributed by atoms with Crippen molar-refractivity contribution in [3.05, 3.63) is 23.8 Å². The first-order valence-electron chi connectivity index (χ1n) is 9.01. The van der Waals surface area contributed by atoms with E-state index in [2.05, 4.69) is 22.5 Å². The Morgan fingerprint density at radius 3 is 2.54 bits per heavy atom. The predicted octanol–water partition coefficient (Wildman–Crippen LogP) is 3.55. The molecule has 24 heavy (non-hydrogen) atoms. The number of nitrogens with one attached hydrogen (secondary N) is 2. The minimum Gasteiger partial charge on any atom is -0.371 e. The highest BCUT2D eigenvalue weighted by molar-refractivity contribution is 6.02. The first kappa shape index (κ1) is 18.3. The molecule has 0 radical (unpaired) electrons. The van der Waals surface area contributed by atoms with Gasteiger partial charge >= 0.3 is 0 Å². The summed E-state index contributed by atoms with van der Waals surface area (Å²) in [6.45, 7) is 7.91. The third kappa shape index (κ3) is 4.98. The maximum Gasteiger partial charge on any atom is 0.253 e. The molecular weight excluding hydrogens is 302 g/mol. The molecule has 2 rings (SSSR count). The summed E-state index contributed by atoms with van der Waals surface area (Å²) in [5, 5.41) is 5.87. The molecule has 0 saturated carbocycles. The molecule has 0 spiro atoms. The number of unbranched alkanes of at least 4 members (excludes halogenated alkanes) is 1. The highest BCUT2D eigenvalue weighted by Crippen LogP contribution is 2.27. The summed E-state index contributed by atoms with van der Waals surface area (Å²) in [5.74, 6) is -0.0856. The van der Waals surface area contributed by atoms with Crippen LogP contribution < -0.4 is 15.5 Å². The van der Waals surface area contributed by atoms with Crippen molar-refractivity contribution >= 4 is 23.2 Å². The number of hydrogen-bond donors (Lipinski definition) is 2. The van der Waals surface area contributed by atoms with Crippen molar-refractivity contribution in [2.45, 2.75) is 58.9 Å². The van der Waals surface area contributed by atoms with Gasteiger partial charge in [0, 0.05) is 36.9 Å². The molecule has 2 N–H and O–H groups in total. The van der Waals surface area contributed by atoms with E-state index in [4.69, 9.17) is 0 Å². The van der Waals surface area contributed by atoms with Crippen LogP contribution in [0.5, 0.6) is 0 Å². The SMILES string of the molecule is CCCCC(=O)Nc1ccc(N2CCCC2)c(C(=O)NC(C)C)c1. The lowest BCUT2D eigenvalue weighted by atomic mass is 10.1. The fourth-order valence-corrected chi connectivity index (χ4v) is 2.93. The van der Waals surface area contributed by atoms with Crippen molar-refractivity contribution in [3.63, 3.8) is 0 Å². The molecule has 1 aromatic rings. The zero-order chi connectivity index (χ0) is 17.5. The van der Waals surface area contributed by atoms with E-state index >= 15 is 0 Å². The fourth-order valence-electron chi connectivity index (χ4n) is 2.93. The predicted molar refractivity (Wildman–Crippen MR) is 98.6 cm³/mol. The van der Waals surface area contributed by atoms with E-state index < -0.39 is 0 Å². The van der Waals surface area contributed by atoms with Crippen LogP contribution in [0.15, 0.2) is 18.2 Å². The maximum atomic E-state index is 12.6. The molecule has 0 aliphatic carbocycles. The van der Waals surface area contributed by atoms with Gasteiger partial charge in [-0.1, -0.05) is 13.3 Å². The summed E-state index contributed by atoms with van der Waals surface area (Å²) in [4.78, 5) is 26.8. The molecule has 0 atom stereocenters. The lowest BCUT2D eigenvalue weighted by Crippen LogP contribution is -2.32. The molecule has 0 aromatic heterocycles. The Hall–Kier alpha value is -2.04. The monoisotopic (exact) mass is 331 g/mol. The molecule has 1 aliphatic rings. The average molecular weight is 331 g/mol. The normalized spacial score (nSPS) is 14.1. The Morgan fingerprint density at radius 1 is 1.21 bits per heavy atom. The van der Waals surface area contributed by atoms with Gasteiger partial charge < -0.3 is 15.5 Å². The molecule has 1 heterocycles. The van der Waals surface area contributed by atoms with E-state index in [0.29, 0.717) is 17.7 Å². The summed E-state index contributed by atoms with van der Waals surface area (Å²) in [6, 6.07) is 5.72. The van der Waals surface area contributed by atoms with Gasteiger partial charge in [-0.25, -0.2) is 0 Å². The van der Waals surface area contributed by atoms with Crippen molar-refractivity contribution < 1.29 is 9.59 Å². The third-order valence-corrected chi connectivity index (χ3v) is 4.15. The zero-order valence-corrected chi connectivity index (χ0v) is 15.0. The summed E-state index contributed by atoms with van der Waals surface area (Å²) >= 11 is 0. The minimum atomic E-state index is -0.0865. The molecule has 0 unspecified atom stereocenters. The van der Waals surface area contributed by atoms with Crippen LogP contribution in [0.4, 0.5) is 11.4 Å². The van der Waals surface area contributed by atoms with Crippen LogP contribution in [-0.2, 0) is 4.79 Å². The Morgan fingerprint density at radius 2 is 1.92 bits per heavy atom.